The number of nitrogens with one attached hydrogen (secondary N) is 1. The van der Waals surface area contributed by atoms with Gasteiger partial charge in [0, 0.05) is 11.1 Å². The summed E-state index contributed by atoms with van der Waals surface area (Å²) in [5, 5.41) is 3.94. The minimum Gasteiger partial charge on any atom is -0.314 e. The van der Waals surface area contributed by atoms with E-state index in [9.17, 15) is 4.39 Å². The van der Waals surface area contributed by atoms with Crippen molar-refractivity contribution in [2.24, 2.45) is 5.92 Å². The molecule has 1 aromatic rings. The number of hydrogen-bond acceptors (Lipinski definition) is 1. The van der Waals surface area contributed by atoms with E-state index in [4.69, 9.17) is 11.6 Å². The molecule has 0 fully saturated rings. The summed E-state index contributed by atoms with van der Waals surface area (Å²) in [4.78, 5) is 0. The van der Waals surface area contributed by atoms with Crippen molar-refractivity contribution >= 4 is 11.6 Å². The van der Waals surface area contributed by atoms with Crippen LogP contribution < -0.4 is 5.32 Å². The van der Waals surface area contributed by atoms with E-state index in [1.54, 1.807) is 12.1 Å². The Kier molecular flexibility index (Phi) is 5.23. The smallest absolute Gasteiger partial charge is 0.126 e. The summed E-state index contributed by atoms with van der Waals surface area (Å²) in [6, 6.07) is 5.19. The second-order valence-corrected chi connectivity index (χ2v) is 5.04. The molecule has 0 aromatic heterocycles. The molecule has 0 amide bonds. The molecule has 16 heavy (non-hydrogen) atoms. The Morgan fingerprint density at radius 1 is 1.31 bits per heavy atom. The van der Waals surface area contributed by atoms with Gasteiger partial charge in [-0.05, 0) is 42.6 Å². The van der Waals surface area contributed by atoms with Crippen molar-refractivity contribution in [1.29, 1.82) is 0 Å². The predicted molar refractivity (Wildman–Crippen MR) is 67.4 cm³/mol. The predicted octanol–water partition coefficient (Wildman–Crippen LogP) is 3.66. The van der Waals surface area contributed by atoms with Crippen LogP contribution in [0.4, 0.5) is 4.39 Å². The highest BCUT2D eigenvalue weighted by molar-refractivity contribution is 6.30. The molecule has 0 spiro atoms. The van der Waals surface area contributed by atoms with Gasteiger partial charge in [0.2, 0.25) is 0 Å². The number of hydrogen-bond donors (Lipinski definition) is 1. The highest BCUT2D eigenvalue weighted by Gasteiger charge is 2.09. The lowest BCUT2D eigenvalue weighted by Crippen LogP contribution is -2.28. The fraction of sp³-hybridized carbons (Fsp3) is 0.538. The summed E-state index contributed by atoms with van der Waals surface area (Å²) in [6.45, 7) is 7.21. The van der Waals surface area contributed by atoms with Crippen molar-refractivity contribution in [3.63, 3.8) is 0 Å². The van der Waals surface area contributed by atoms with Crippen molar-refractivity contribution in [2.45, 2.75) is 33.2 Å². The molecule has 1 atom stereocenters. The van der Waals surface area contributed by atoms with E-state index in [1.807, 2.05) is 0 Å². The molecular weight excluding hydrogens is 225 g/mol. The van der Waals surface area contributed by atoms with E-state index in [0.29, 0.717) is 29.0 Å². The fourth-order valence-electron chi connectivity index (χ4n) is 1.58. The van der Waals surface area contributed by atoms with Gasteiger partial charge < -0.3 is 5.32 Å². The van der Waals surface area contributed by atoms with Crippen LogP contribution in [-0.2, 0) is 6.42 Å². The molecule has 90 valence electrons. The molecule has 1 rings (SSSR count). The molecule has 0 radical (unpaired) electrons. The van der Waals surface area contributed by atoms with Crippen molar-refractivity contribution in [2.75, 3.05) is 6.54 Å². The van der Waals surface area contributed by atoms with Gasteiger partial charge in [-0.2, -0.15) is 0 Å². The van der Waals surface area contributed by atoms with Crippen LogP contribution in [0.1, 0.15) is 26.3 Å². The molecule has 0 bridgehead atoms. The average molecular weight is 244 g/mol. The third kappa shape index (κ3) is 4.50. The van der Waals surface area contributed by atoms with E-state index in [2.05, 4.69) is 26.1 Å². The Labute approximate surface area is 102 Å². The summed E-state index contributed by atoms with van der Waals surface area (Å²) >= 11 is 5.85. The quantitative estimate of drug-likeness (QED) is 0.832. The third-order valence-corrected chi connectivity index (χ3v) is 2.69. The van der Waals surface area contributed by atoms with Gasteiger partial charge in [-0.25, -0.2) is 4.39 Å². The molecule has 3 heteroatoms. The van der Waals surface area contributed by atoms with E-state index >= 15 is 0 Å². The van der Waals surface area contributed by atoms with Gasteiger partial charge in [-0.1, -0.05) is 32.4 Å². The van der Waals surface area contributed by atoms with Gasteiger partial charge in [-0.3, -0.25) is 0 Å². The Morgan fingerprint density at radius 3 is 2.62 bits per heavy atom. The monoisotopic (exact) mass is 243 g/mol. The molecule has 0 saturated carbocycles. The second kappa shape index (κ2) is 6.21. The maximum Gasteiger partial charge on any atom is 0.126 e. The van der Waals surface area contributed by atoms with Crippen LogP contribution in [0.3, 0.4) is 0 Å². The van der Waals surface area contributed by atoms with Crippen molar-refractivity contribution in [3.05, 3.63) is 34.6 Å². The van der Waals surface area contributed by atoms with E-state index < -0.39 is 0 Å². The Morgan fingerprint density at radius 2 is 2.00 bits per heavy atom. The first-order chi connectivity index (χ1) is 7.49. The van der Waals surface area contributed by atoms with E-state index in [1.165, 1.54) is 6.07 Å². The third-order valence-electron chi connectivity index (χ3n) is 2.45. The topological polar surface area (TPSA) is 12.0 Å². The largest absolute Gasteiger partial charge is 0.314 e. The van der Waals surface area contributed by atoms with Crippen LogP contribution in [0.25, 0.3) is 0 Å². The number of benzene rings is 1. The van der Waals surface area contributed by atoms with Crippen molar-refractivity contribution in [3.8, 4) is 0 Å². The van der Waals surface area contributed by atoms with Gasteiger partial charge in [0.1, 0.15) is 5.82 Å². The minimum atomic E-state index is -0.166. The van der Waals surface area contributed by atoms with Crippen molar-refractivity contribution < 1.29 is 4.39 Å². The zero-order valence-corrected chi connectivity index (χ0v) is 10.8. The summed E-state index contributed by atoms with van der Waals surface area (Å²) < 4.78 is 13.4. The first-order valence-electron chi connectivity index (χ1n) is 5.66. The second-order valence-electron chi connectivity index (χ2n) is 4.61. The first kappa shape index (κ1) is 13.5. The molecule has 0 saturated heterocycles. The SMILES string of the molecule is CC(CNC(C)C)Cc1cc(Cl)ccc1F. The van der Waals surface area contributed by atoms with Gasteiger partial charge in [0.05, 0.1) is 0 Å². The molecule has 0 heterocycles. The van der Waals surface area contributed by atoms with Crippen LogP contribution in [0.5, 0.6) is 0 Å². The molecule has 0 aliphatic rings. The fourth-order valence-corrected chi connectivity index (χ4v) is 1.78. The minimum absolute atomic E-state index is 0.166. The maximum atomic E-state index is 13.4. The molecule has 1 nitrogen and oxygen atoms in total. The Balaban J connectivity index is 2.55. The van der Waals surface area contributed by atoms with Crippen molar-refractivity contribution in [1.82, 2.24) is 5.32 Å². The summed E-state index contributed by atoms with van der Waals surface area (Å²) in [7, 11) is 0. The normalized spacial score (nSPS) is 13.1. The van der Waals surface area contributed by atoms with Crippen LogP contribution in [0, 0.1) is 11.7 Å². The molecule has 1 N–H and O–H groups in total. The lowest BCUT2D eigenvalue weighted by Gasteiger charge is -2.15. The van der Waals surface area contributed by atoms with Crippen LogP contribution in [-0.4, -0.2) is 12.6 Å². The van der Waals surface area contributed by atoms with Gasteiger partial charge >= 0.3 is 0 Å². The zero-order chi connectivity index (χ0) is 12.1. The molecule has 1 unspecified atom stereocenters. The number of rotatable bonds is 5. The molecule has 0 aliphatic carbocycles. The maximum absolute atomic E-state index is 13.4. The van der Waals surface area contributed by atoms with Crippen LogP contribution >= 0.6 is 11.6 Å². The molecular formula is C13H19ClFN. The summed E-state index contributed by atoms with van der Waals surface area (Å²) in [5.41, 5.74) is 0.700. The summed E-state index contributed by atoms with van der Waals surface area (Å²) in [6.07, 6.45) is 0.714. The summed E-state index contributed by atoms with van der Waals surface area (Å²) in [5.74, 6) is 0.233. The molecule has 1 aromatic carbocycles. The van der Waals surface area contributed by atoms with Crippen LogP contribution in [0.15, 0.2) is 18.2 Å². The lowest BCUT2D eigenvalue weighted by atomic mass is 10.0. The first-order valence-corrected chi connectivity index (χ1v) is 6.04. The van der Waals surface area contributed by atoms with Crippen LogP contribution in [0.2, 0.25) is 5.02 Å². The Bertz CT molecular complexity index is 339. The number of halogens is 2. The lowest BCUT2D eigenvalue weighted by molar-refractivity contribution is 0.468. The average Bonchev–Trinajstić information content (AvgIpc) is 2.20. The Hall–Kier alpha value is -0.600. The van der Waals surface area contributed by atoms with Gasteiger partial charge in [-0.15, -0.1) is 0 Å². The highest BCUT2D eigenvalue weighted by atomic mass is 35.5. The van der Waals surface area contributed by atoms with Gasteiger partial charge in [0.15, 0.2) is 0 Å². The highest BCUT2D eigenvalue weighted by Crippen LogP contribution is 2.17. The van der Waals surface area contributed by atoms with E-state index in [-0.39, 0.29) is 5.82 Å². The zero-order valence-electron chi connectivity index (χ0n) is 10.1. The standard InChI is InChI=1S/C13H19ClFN/c1-9(2)16-8-10(3)6-11-7-12(14)4-5-13(11)15/h4-5,7,9-10,16H,6,8H2,1-3H3. The van der Waals surface area contributed by atoms with Gasteiger partial charge in [0.25, 0.3) is 0 Å². The molecule has 0 aliphatic heterocycles. The van der Waals surface area contributed by atoms with E-state index in [0.717, 1.165) is 6.54 Å².